The predicted octanol–water partition coefficient (Wildman–Crippen LogP) is 1.47. The molecule has 5 heteroatoms. The molecule has 2 rings (SSSR count). The van der Waals surface area contributed by atoms with Gasteiger partial charge >= 0.3 is 0 Å². The van der Waals surface area contributed by atoms with Crippen LogP contribution in [0.2, 0.25) is 5.02 Å². The molecule has 1 aliphatic heterocycles. The molecule has 0 aliphatic carbocycles. The zero-order chi connectivity index (χ0) is 11.5. The van der Waals surface area contributed by atoms with Crippen molar-refractivity contribution in [1.82, 2.24) is 5.32 Å². The first-order chi connectivity index (χ1) is 7.68. The van der Waals surface area contributed by atoms with Gasteiger partial charge in [-0.05, 0) is 17.7 Å². The summed E-state index contributed by atoms with van der Waals surface area (Å²) in [7, 11) is 0. The number of halogens is 2. The lowest BCUT2D eigenvalue weighted by Crippen LogP contribution is -2.44. The highest BCUT2D eigenvalue weighted by atomic mass is 35.5. The van der Waals surface area contributed by atoms with E-state index in [-0.39, 0.29) is 17.2 Å². The number of rotatable bonds is 2. The summed E-state index contributed by atoms with van der Waals surface area (Å²) in [4.78, 5) is 0. The first-order valence-electron chi connectivity index (χ1n) is 5.21. The van der Waals surface area contributed by atoms with E-state index in [1.165, 1.54) is 12.1 Å². The molecule has 3 nitrogen and oxygen atoms in total. The second kappa shape index (κ2) is 5.10. The lowest BCUT2D eigenvalue weighted by atomic mass is 10.0. The van der Waals surface area contributed by atoms with Gasteiger partial charge in [-0.1, -0.05) is 17.7 Å². The second-order valence-corrected chi connectivity index (χ2v) is 4.22. The van der Waals surface area contributed by atoms with E-state index < -0.39 is 5.82 Å². The standard InChI is InChI=1S/C11H14ClFN2O/c12-8-2-1-7(5-9(8)13)11(14)10-6-15-3-4-16-10/h1-2,5,10-11,15H,3-4,6,14H2. The van der Waals surface area contributed by atoms with Crippen LogP contribution in [0.4, 0.5) is 4.39 Å². The summed E-state index contributed by atoms with van der Waals surface area (Å²) in [6.45, 7) is 2.15. The van der Waals surface area contributed by atoms with Gasteiger partial charge < -0.3 is 15.8 Å². The monoisotopic (exact) mass is 244 g/mol. The molecule has 1 heterocycles. The van der Waals surface area contributed by atoms with Crippen LogP contribution in [0.5, 0.6) is 0 Å². The number of hydrogen-bond donors (Lipinski definition) is 2. The molecule has 2 unspecified atom stereocenters. The molecule has 0 radical (unpaired) electrons. The zero-order valence-electron chi connectivity index (χ0n) is 8.75. The van der Waals surface area contributed by atoms with Crippen molar-refractivity contribution in [1.29, 1.82) is 0 Å². The molecule has 0 bridgehead atoms. The molecular weight excluding hydrogens is 231 g/mol. The van der Waals surface area contributed by atoms with E-state index in [2.05, 4.69) is 5.32 Å². The molecule has 0 aromatic heterocycles. The van der Waals surface area contributed by atoms with Crippen molar-refractivity contribution in [3.63, 3.8) is 0 Å². The fraction of sp³-hybridized carbons (Fsp3) is 0.455. The van der Waals surface area contributed by atoms with Crippen LogP contribution in [0.15, 0.2) is 18.2 Å². The quantitative estimate of drug-likeness (QED) is 0.828. The van der Waals surface area contributed by atoms with Crippen LogP contribution in [0.1, 0.15) is 11.6 Å². The van der Waals surface area contributed by atoms with Crippen molar-refractivity contribution in [2.24, 2.45) is 5.73 Å². The van der Waals surface area contributed by atoms with Gasteiger partial charge in [-0.15, -0.1) is 0 Å². The molecule has 1 aromatic rings. The Balaban J connectivity index is 2.12. The van der Waals surface area contributed by atoms with E-state index in [4.69, 9.17) is 22.1 Å². The summed E-state index contributed by atoms with van der Waals surface area (Å²) in [5.41, 5.74) is 6.72. The SMILES string of the molecule is NC(c1ccc(Cl)c(F)c1)C1CNCCO1. The second-order valence-electron chi connectivity index (χ2n) is 3.81. The van der Waals surface area contributed by atoms with Crippen LogP contribution in [-0.4, -0.2) is 25.8 Å². The molecule has 2 atom stereocenters. The Hall–Kier alpha value is -0.680. The molecule has 0 spiro atoms. The van der Waals surface area contributed by atoms with Gasteiger partial charge in [0.05, 0.1) is 23.8 Å². The minimum Gasteiger partial charge on any atom is -0.374 e. The topological polar surface area (TPSA) is 47.3 Å². The molecule has 1 saturated heterocycles. The minimum atomic E-state index is -0.446. The van der Waals surface area contributed by atoms with Gasteiger partial charge in [0.15, 0.2) is 0 Å². The fourth-order valence-electron chi connectivity index (χ4n) is 1.75. The zero-order valence-corrected chi connectivity index (χ0v) is 9.51. The highest BCUT2D eigenvalue weighted by Gasteiger charge is 2.23. The Morgan fingerprint density at radius 3 is 3.00 bits per heavy atom. The van der Waals surface area contributed by atoms with Gasteiger partial charge in [0.1, 0.15) is 5.82 Å². The maximum atomic E-state index is 13.3. The lowest BCUT2D eigenvalue weighted by molar-refractivity contribution is 0.0122. The third-order valence-corrected chi connectivity index (χ3v) is 2.99. The molecule has 0 amide bonds. The van der Waals surface area contributed by atoms with Gasteiger partial charge in [0, 0.05) is 13.1 Å². The van der Waals surface area contributed by atoms with Crippen LogP contribution in [0, 0.1) is 5.82 Å². The molecule has 16 heavy (non-hydrogen) atoms. The fourth-order valence-corrected chi connectivity index (χ4v) is 1.87. The minimum absolute atomic E-state index is 0.110. The summed E-state index contributed by atoms with van der Waals surface area (Å²) in [6.07, 6.45) is -0.116. The average molecular weight is 245 g/mol. The van der Waals surface area contributed by atoms with Crippen LogP contribution in [0.25, 0.3) is 0 Å². The van der Waals surface area contributed by atoms with Crippen molar-refractivity contribution < 1.29 is 9.13 Å². The van der Waals surface area contributed by atoms with Crippen LogP contribution in [-0.2, 0) is 4.74 Å². The number of ether oxygens (including phenoxy) is 1. The van der Waals surface area contributed by atoms with Crippen molar-refractivity contribution in [3.8, 4) is 0 Å². The third kappa shape index (κ3) is 2.52. The van der Waals surface area contributed by atoms with E-state index in [9.17, 15) is 4.39 Å². The molecule has 1 aliphatic rings. The summed E-state index contributed by atoms with van der Waals surface area (Å²) in [5, 5.41) is 3.30. The van der Waals surface area contributed by atoms with Gasteiger partial charge in [-0.2, -0.15) is 0 Å². The van der Waals surface area contributed by atoms with Gasteiger partial charge in [-0.25, -0.2) is 4.39 Å². The molecule has 0 saturated carbocycles. The van der Waals surface area contributed by atoms with Crippen molar-refractivity contribution >= 4 is 11.6 Å². The van der Waals surface area contributed by atoms with Gasteiger partial charge in [-0.3, -0.25) is 0 Å². The largest absolute Gasteiger partial charge is 0.374 e. The summed E-state index contributed by atoms with van der Waals surface area (Å²) in [6, 6.07) is 4.28. The van der Waals surface area contributed by atoms with E-state index in [0.29, 0.717) is 18.7 Å². The maximum Gasteiger partial charge on any atom is 0.142 e. The highest BCUT2D eigenvalue weighted by molar-refractivity contribution is 6.30. The Morgan fingerprint density at radius 2 is 2.38 bits per heavy atom. The Bertz CT molecular complexity index is 369. The average Bonchev–Trinajstić information content (AvgIpc) is 2.33. The summed E-state index contributed by atoms with van der Waals surface area (Å²) in [5.74, 6) is -0.446. The first-order valence-corrected chi connectivity index (χ1v) is 5.59. The number of nitrogens with two attached hydrogens (primary N) is 1. The van der Waals surface area contributed by atoms with Gasteiger partial charge in [0.25, 0.3) is 0 Å². The number of morpholine rings is 1. The Morgan fingerprint density at radius 1 is 1.56 bits per heavy atom. The van der Waals surface area contributed by atoms with E-state index in [1.807, 2.05) is 0 Å². The smallest absolute Gasteiger partial charge is 0.142 e. The molecule has 1 fully saturated rings. The lowest BCUT2D eigenvalue weighted by Gasteiger charge is -2.28. The van der Waals surface area contributed by atoms with Gasteiger partial charge in [0.2, 0.25) is 0 Å². The first kappa shape index (κ1) is 11.8. The molecule has 1 aromatic carbocycles. The van der Waals surface area contributed by atoms with E-state index >= 15 is 0 Å². The summed E-state index contributed by atoms with van der Waals surface area (Å²) >= 11 is 5.61. The number of nitrogens with one attached hydrogen (secondary N) is 1. The van der Waals surface area contributed by atoms with Crippen LogP contribution < -0.4 is 11.1 Å². The Labute approximate surface area is 98.7 Å². The Kier molecular flexibility index (Phi) is 3.76. The van der Waals surface area contributed by atoms with E-state index in [0.717, 1.165) is 6.54 Å². The van der Waals surface area contributed by atoms with Crippen molar-refractivity contribution in [2.45, 2.75) is 12.1 Å². The van der Waals surface area contributed by atoms with E-state index in [1.54, 1.807) is 6.07 Å². The molecular formula is C11H14ClFN2O. The molecule has 3 N–H and O–H groups in total. The maximum absolute atomic E-state index is 13.3. The predicted molar refractivity (Wildman–Crippen MR) is 60.9 cm³/mol. The number of hydrogen-bond acceptors (Lipinski definition) is 3. The third-order valence-electron chi connectivity index (χ3n) is 2.69. The van der Waals surface area contributed by atoms with Crippen molar-refractivity contribution in [3.05, 3.63) is 34.6 Å². The normalized spacial score (nSPS) is 23.1. The van der Waals surface area contributed by atoms with Crippen LogP contribution in [0.3, 0.4) is 0 Å². The summed E-state index contributed by atoms with van der Waals surface area (Å²) < 4.78 is 18.8. The molecule has 88 valence electrons. The number of benzene rings is 1. The highest BCUT2D eigenvalue weighted by Crippen LogP contribution is 2.22. The van der Waals surface area contributed by atoms with Crippen LogP contribution >= 0.6 is 11.6 Å². The van der Waals surface area contributed by atoms with Crippen molar-refractivity contribution in [2.75, 3.05) is 19.7 Å².